The standard InChI is InChI=1S/C13H21N5O2/c1-9-14-12(16-15-9)8-17(3)13(20)11-4-6-18(7-5-11)10(2)19/h11H,4-8H2,1-3H3,(H,14,15,16). The van der Waals surface area contributed by atoms with Gasteiger partial charge in [0.05, 0.1) is 6.54 Å². The van der Waals surface area contributed by atoms with Crippen molar-refractivity contribution in [3.8, 4) is 0 Å². The normalized spacial score (nSPS) is 16.2. The molecule has 0 spiro atoms. The minimum absolute atomic E-state index is 0.00404. The van der Waals surface area contributed by atoms with Gasteiger partial charge in [0.25, 0.3) is 0 Å². The molecule has 2 amide bonds. The lowest BCUT2D eigenvalue weighted by Gasteiger charge is -2.32. The Balaban J connectivity index is 1.86. The summed E-state index contributed by atoms with van der Waals surface area (Å²) in [5.74, 6) is 1.56. The molecule has 1 aliphatic heterocycles. The van der Waals surface area contributed by atoms with Crippen molar-refractivity contribution in [2.45, 2.75) is 33.2 Å². The highest BCUT2D eigenvalue weighted by Gasteiger charge is 2.28. The summed E-state index contributed by atoms with van der Waals surface area (Å²) in [6.45, 7) is 5.14. The molecule has 2 heterocycles. The first-order valence-electron chi connectivity index (χ1n) is 6.85. The van der Waals surface area contributed by atoms with Crippen LogP contribution in [0.5, 0.6) is 0 Å². The third-order valence-corrected chi connectivity index (χ3v) is 3.69. The largest absolute Gasteiger partial charge is 0.343 e. The maximum absolute atomic E-state index is 12.3. The lowest BCUT2D eigenvalue weighted by atomic mass is 9.95. The van der Waals surface area contributed by atoms with Gasteiger partial charge in [-0.25, -0.2) is 4.98 Å². The van der Waals surface area contributed by atoms with Gasteiger partial charge >= 0.3 is 0 Å². The first-order valence-corrected chi connectivity index (χ1v) is 6.85. The Morgan fingerprint density at radius 3 is 2.55 bits per heavy atom. The molecule has 0 atom stereocenters. The Morgan fingerprint density at radius 2 is 2.05 bits per heavy atom. The molecule has 0 radical (unpaired) electrons. The van der Waals surface area contributed by atoms with E-state index in [-0.39, 0.29) is 17.7 Å². The van der Waals surface area contributed by atoms with E-state index >= 15 is 0 Å². The Hall–Kier alpha value is -1.92. The van der Waals surface area contributed by atoms with Gasteiger partial charge in [-0.05, 0) is 19.8 Å². The van der Waals surface area contributed by atoms with E-state index in [9.17, 15) is 9.59 Å². The van der Waals surface area contributed by atoms with Gasteiger partial charge in [0.2, 0.25) is 11.8 Å². The number of aromatic nitrogens is 3. The van der Waals surface area contributed by atoms with Gasteiger partial charge in [-0.1, -0.05) is 0 Å². The number of likely N-dealkylation sites (tertiary alicyclic amines) is 1. The summed E-state index contributed by atoms with van der Waals surface area (Å²) in [6.07, 6.45) is 1.46. The fourth-order valence-corrected chi connectivity index (χ4v) is 2.50. The van der Waals surface area contributed by atoms with Crippen LogP contribution < -0.4 is 0 Å². The average molecular weight is 279 g/mol. The Bertz CT molecular complexity index is 491. The zero-order chi connectivity index (χ0) is 14.7. The molecular weight excluding hydrogens is 258 g/mol. The Morgan fingerprint density at radius 1 is 1.40 bits per heavy atom. The van der Waals surface area contributed by atoms with E-state index in [1.54, 1.807) is 23.8 Å². The highest BCUT2D eigenvalue weighted by atomic mass is 16.2. The summed E-state index contributed by atoms with van der Waals surface area (Å²) in [7, 11) is 1.77. The van der Waals surface area contributed by atoms with Crippen LogP contribution in [0.15, 0.2) is 0 Å². The number of nitrogens with zero attached hydrogens (tertiary/aromatic N) is 4. The highest BCUT2D eigenvalue weighted by Crippen LogP contribution is 2.19. The van der Waals surface area contributed by atoms with Crippen molar-refractivity contribution in [2.75, 3.05) is 20.1 Å². The number of H-pyrrole nitrogens is 1. The predicted octanol–water partition coefficient (Wildman–Crippen LogP) is 0.330. The second-order valence-corrected chi connectivity index (χ2v) is 5.31. The Labute approximate surface area is 118 Å². The number of carbonyl (C=O) groups is 2. The van der Waals surface area contributed by atoms with E-state index in [0.717, 1.165) is 18.7 Å². The molecule has 20 heavy (non-hydrogen) atoms. The maximum Gasteiger partial charge on any atom is 0.225 e. The molecule has 1 aromatic heterocycles. The summed E-state index contributed by atoms with van der Waals surface area (Å²) < 4.78 is 0. The maximum atomic E-state index is 12.3. The van der Waals surface area contributed by atoms with Crippen LogP contribution in [0.3, 0.4) is 0 Å². The van der Waals surface area contributed by atoms with Gasteiger partial charge < -0.3 is 9.80 Å². The molecule has 1 fully saturated rings. The van der Waals surface area contributed by atoms with Gasteiger partial charge in [-0.2, -0.15) is 5.10 Å². The number of rotatable bonds is 3. The van der Waals surface area contributed by atoms with Crippen molar-refractivity contribution in [2.24, 2.45) is 5.92 Å². The predicted molar refractivity (Wildman–Crippen MR) is 72.6 cm³/mol. The first-order chi connectivity index (χ1) is 9.47. The number of carbonyl (C=O) groups excluding carboxylic acids is 2. The van der Waals surface area contributed by atoms with Crippen molar-refractivity contribution in [1.29, 1.82) is 0 Å². The van der Waals surface area contributed by atoms with E-state index in [1.807, 2.05) is 6.92 Å². The van der Waals surface area contributed by atoms with Crippen molar-refractivity contribution in [3.05, 3.63) is 11.6 Å². The molecule has 1 aliphatic rings. The molecule has 1 N–H and O–H groups in total. The van der Waals surface area contributed by atoms with E-state index in [0.29, 0.717) is 25.5 Å². The summed E-state index contributed by atoms with van der Waals surface area (Å²) in [5, 5.41) is 6.80. The van der Waals surface area contributed by atoms with Crippen LogP contribution in [0.1, 0.15) is 31.4 Å². The van der Waals surface area contributed by atoms with Crippen LogP contribution in [-0.4, -0.2) is 56.9 Å². The van der Waals surface area contributed by atoms with Crippen molar-refractivity contribution >= 4 is 11.8 Å². The number of piperidine rings is 1. The lowest BCUT2D eigenvalue weighted by molar-refractivity contribution is -0.139. The second kappa shape index (κ2) is 6.02. The van der Waals surface area contributed by atoms with E-state index in [2.05, 4.69) is 15.2 Å². The third kappa shape index (κ3) is 3.34. The van der Waals surface area contributed by atoms with Crippen LogP contribution in [-0.2, 0) is 16.1 Å². The molecular formula is C13H21N5O2. The SMILES string of the molecule is CC(=O)N1CCC(C(=O)N(C)Cc2n[nH]c(C)n2)CC1. The zero-order valence-electron chi connectivity index (χ0n) is 12.2. The molecule has 0 unspecified atom stereocenters. The molecule has 2 rings (SSSR count). The van der Waals surface area contributed by atoms with Gasteiger partial charge in [0, 0.05) is 33.0 Å². The molecule has 7 heteroatoms. The van der Waals surface area contributed by atoms with Gasteiger partial charge in [0.1, 0.15) is 5.82 Å². The molecule has 0 saturated carbocycles. The fourth-order valence-electron chi connectivity index (χ4n) is 2.50. The quantitative estimate of drug-likeness (QED) is 0.864. The number of aryl methyl sites for hydroxylation is 1. The number of aromatic amines is 1. The third-order valence-electron chi connectivity index (χ3n) is 3.69. The number of hydrogen-bond acceptors (Lipinski definition) is 4. The van der Waals surface area contributed by atoms with Crippen molar-refractivity contribution < 1.29 is 9.59 Å². The summed E-state index contributed by atoms with van der Waals surface area (Å²) in [6, 6.07) is 0. The molecule has 1 aromatic rings. The zero-order valence-corrected chi connectivity index (χ0v) is 12.2. The molecule has 0 bridgehead atoms. The molecule has 0 aromatic carbocycles. The van der Waals surface area contributed by atoms with E-state index in [1.165, 1.54) is 0 Å². The van der Waals surface area contributed by atoms with Crippen LogP contribution in [0, 0.1) is 12.8 Å². The average Bonchev–Trinajstić information content (AvgIpc) is 2.83. The minimum atomic E-state index is -0.00404. The fraction of sp³-hybridized carbons (Fsp3) is 0.692. The number of amides is 2. The van der Waals surface area contributed by atoms with Gasteiger partial charge in [-0.15, -0.1) is 0 Å². The Kier molecular flexibility index (Phi) is 4.36. The van der Waals surface area contributed by atoms with Crippen LogP contribution in [0.25, 0.3) is 0 Å². The smallest absolute Gasteiger partial charge is 0.225 e. The van der Waals surface area contributed by atoms with Crippen LogP contribution in [0.2, 0.25) is 0 Å². The van der Waals surface area contributed by atoms with Gasteiger partial charge in [0.15, 0.2) is 5.82 Å². The van der Waals surface area contributed by atoms with Crippen LogP contribution >= 0.6 is 0 Å². The van der Waals surface area contributed by atoms with Crippen molar-refractivity contribution in [3.63, 3.8) is 0 Å². The van der Waals surface area contributed by atoms with Crippen molar-refractivity contribution in [1.82, 2.24) is 25.0 Å². The monoisotopic (exact) mass is 279 g/mol. The summed E-state index contributed by atoms with van der Waals surface area (Å²) >= 11 is 0. The van der Waals surface area contributed by atoms with Crippen LogP contribution in [0.4, 0.5) is 0 Å². The summed E-state index contributed by atoms with van der Waals surface area (Å²) in [5.41, 5.74) is 0. The van der Waals surface area contributed by atoms with E-state index < -0.39 is 0 Å². The second-order valence-electron chi connectivity index (χ2n) is 5.31. The van der Waals surface area contributed by atoms with E-state index in [4.69, 9.17) is 0 Å². The highest BCUT2D eigenvalue weighted by molar-refractivity contribution is 5.79. The number of hydrogen-bond donors (Lipinski definition) is 1. The minimum Gasteiger partial charge on any atom is -0.343 e. The van der Waals surface area contributed by atoms with Gasteiger partial charge in [-0.3, -0.25) is 14.7 Å². The first kappa shape index (κ1) is 14.5. The lowest BCUT2D eigenvalue weighted by Crippen LogP contribution is -2.42. The molecule has 7 nitrogen and oxygen atoms in total. The molecule has 0 aliphatic carbocycles. The molecule has 1 saturated heterocycles. The number of nitrogens with one attached hydrogen (secondary N) is 1. The molecule has 110 valence electrons. The summed E-state index contributed by atoms with van der Waals surface area (Å²) in [4.78, 5) is 31.3. The topological polar surface area (TPSA) is 82.2 Å².